The number of aromatic nitrogens is 4. The van der Waals surface area contributed by atoms with E-state index in [1.54, 1.807) is 18.2 Å². The number of hydrogen-bond acceptors (Lipinski definition) is 6. The Labute approximate surface area is 187 Å². The van der Waals surface area contributed by atoms with Gasteiger partial charge in [-0.15, -0.1) is 10.2 Å². The van der Waals surface area contributed by atoms with E-state index < -0.39 is 0 Å². The molecule has 3 aromatic heterocycles. The van der Waals surface area contributed by atoms with Crippen molar-refractivity contribution in [2.24, 2.45) is 0 Å². The number of hydrogen-bond donors (Lipinski definition) is 0. The number of amides is 1. The lowest BCUT2D eigenvalue weighted by Crippen LogP contribution is -2.39. The molecule has 0 spiro atoms. The number of halogens is 1. The highest BCUT2D eigenvalue weighted by atomic mass is 32.1. The van der Waals surface area contributed by atoms with Crippen LogP contribution in [0, 0.1) is 12.7 Å². The van der Waals surface area contributed by atoms with Gasteiger partial charge < -0.3 is 9.47 Å². The average molecular weight is 454 g/mol. The van der Waals surface area contributed by atoms with Gasteiger partial charge in [0.05, 0.1) is 5.69 Å². The number of benzene rings is 1. The van der Waals surface area contributed by atoms with Crippen LogP contribution in [0.2, 0.25) is 0 Å². The van der Waals surface area contributed by atoms with Crippen molar-refractivity contribution >= 4 is 28.6 Å². The van der Waals surface area contributed by atoms with Crippen LogP contribution < -0.4 is 0 Å². The second kappa shape index (κ2) is 8.32. The first-order chi connectivity index (χ1) is 15.1. The summed E-state index contributed by atoms with van der Waals surface area (Å²) in [7, 11) is 0. The molecule has 4 aromatic rings. The van der Waals surface area contributed by atoms with Gasteiger partial charge in [-0.05, 0) is 44.0 Å². The molecular weight excluding hydrogens is 433 g/mol. The lowest BCUT2D eigenvalue weighted by molar-refractivity contribution is 0.0711. The zero-order chi connectivity index (χ0) is 21.4. The summed E-state index contributed by atoms with van der Waals surface area (Å²) in [4.78, 5) is 20.4. The summed E-state index contributed by atoms with van der Waals surface area (Å²) < 4.78 is 16.0. The van der Waals surface area contributed by atoms with Crippen LogP contribution in [0.3, 0.4) is 0 Å². The molecule has 0 aliphatic carbocycles. The van der Waals surface area contributed by atoms with Crippen molar-refractivity contribution in [3.05, 3.63) is 70.2 Å². The average Bonchev–Trinajstić information content (AvgIpc) is 3.54. The van der Waals surface area contributed by atoms with Gasteiger partial charge in [-0.3, -0.25) is 4.79 Å². The molecule has 1 aromatic carbocycles. The van der Waals surface area contributed by atoms with Gasteiger partial charge in [0.25, 0.3) is 5.91 Å². The summed E-state index contributed by atoms with van der Waals surface area (Å²) in [5.41, 5.74) is 1.21. The van der Waals surface area contributed by atoms with Crippen LogP contribution in [0.4, 0.5) is 4.39 Å². The Morgan fingerprint density at radius 3 is 2.74 bits per heavy atom. The molecule has 5 rings (SSSR count). The van der Waals surface area contributed by atoms with Crippen LogP contribution in [-0.2, 0) is 0 Å². The van der Waals surface area contributed by atoms with Crippen molar-refractivity contribution in [1.29, 1.82) is 0 Å². The number of carbonyl (C=O) groups is 1. The highest BCUT2D eigenvalue weighted by Crippen LogP contribution is 2.34. The second-order valence-corrected chi connectivity index (χ2v) is 9.50. The molecule has 158 valence electrons. The molecule has 1 fully saturated rings. The van der Waals surface area contributed by atoms with E-state index in [-0.39, 0.29) is 17.6 Å². The Hall–Kier alpha value is -2.91. The predicted molar refractivity (Wildman–Crippen MR) is 119 cm³/mol. The largest absolute Gasteiger partial charge is 0.337 e. The van der Waals surface area contributed by atoms with Crippen molar-refractivity contribution < 1.29 is 9.18 Å². The van der Waals surface area contributed by atoms with Crippen molar-refractivity contribution in [3.8, 4) is 15.7 Å². The van der Waals surface area contributed by atoms with Gasteiger partial charge in [0.2, 0.25) is 0 Å². The fourth-order valence-corrected chi connectivity index (χ4v) is 5.80. The number of aryl methyl sites for hydroxylation is 1. The summed E-state index contributed by atoms with van der Waals surface area (Å²) >= 11 is 2.82. The van der Waals surface area contributed by atoms with Crippen LogP contribution in [-0.4, -0.2) is 43.6 Å². The summed E-state index contributed by atoms with van der Waals surface area (Å²) in [6.07, 6.45) is 5.68. The molecule has 6 nitrogen and oxygen atoms in total. The molecule has 0 saturated carbocycles. The monoisotopic (exact) mass is 453 g/mol. The Morgan fingerprint density at radius 2 is 1.94 bits per heavy atom. The lowest BCUT2D eigenvalue weighted by atomic mass is 9.98. The van der Waals surface area contributed by atoms with Gasteiger partial charge >= 0.3 is 0 Å². The SMILES string of the molecule is Cc1nc(-n2cccc2)sc1C(=O)N1CCC[C@@H](c2nnc(-c3ccccc3F)s2)C1. The van der Waals surface area contributed by atoms with Gasteiger partial charge in [0.15, 0.2) is 10.1 Å². The zero-order valence-corrected chi connectivity index (χ0v) is 18.5. The minimum atomic E-state index is -0.301. The van der Waals surface area contributed by atoms with Crippen molar-refractivity contribution in [2.75, 3.05) is 13.1 Å². The fourth-order valence-electron chi connectivity index (χ4n) is 3.80. The third-order valence-electron chi connectivity index (χ3n) is 5.41. The molecule has 1 aliphatic rings. The first-order valence-corrected chi connectivity index (χ1v) is 11.7. The van der Waals surface area contributed by atoms with Gasteiger partial charge in [-0.25, -0.2) is 9.37 Å². The van der Waals surface area contributed by atoms with Crippen LogP contribution in [0.15, 0.2) is 48.8 Å². The quantitative estimate of drug-likeness (QED) is 0.440. The molecule has 31 heavy (non-hydrogen) atoms. The van der Waals surface area contributed by atoms with E-state index in [4.69, 9.17) is 0 Å². The molecule has 0 N–H and O–H groups in total. The topological polar surface area (TPSA) is 63.9 Å². The lowest BCUT2D eigenvalue weighted by Gasteiger charge is -2.31. The number of rotatable bonds is 4. The Balaban J connectivity index is 1.34. The number of carbonyl (C=O) groups excluding carboxylic acids is 1. The molecule has 9 heteroatoms. The Kier molecular flexibility index (Phi) is 5.37. The molecule has 1 saturated heterocycles. The normalized spacial score (nSPS) is 16.6. The number of nitrogens with zero attached hydrogens (tertiary/aromatic N) is 5. The van der Waals surface area contributed by atoms with Crippen molar-refractivity contribution in [1.82, 2.24) is 24.6 Å². The van der Waals surface area contributed by atoms with E-state index in [2.05, 4.69) is 15.2 Å². The highest BCUT2D eigenvalue weighted by molar-refractivity contribution is 7.16. The van der Waals surface area contributed by atoms with Crippen molar-refractivity contribution in [3.63, 3.8) is 0 Å². The summed E-state index contributed by atoms with van der Waals surface area (Å²) in [5, 5.41) is 10.8. The molecular formula is C22H20FN5OS2. The molecule has 0 bridgehead atoms. The standard InChI is InChI=1S/C22H20FN5OS2/c1-14-18(30-22(24-14)27-10-4-5-11-27)21(29)28-12-6-7-15(13-28)19-25-26-20(31-19)16-8-2-3-9-17(16)23/h2-5,8-11,15H,6-7,12-13H2,1H3/t15-/m1/s1. The van der Waals surface area contributed by atoms with E-state index in [1.807, 2.05) is 40.9 Å². The van der Waals surface area contributed by atoms with Crippen LogP contribution in [0.1, 0.15) is 39.1 Å². The zero-order valence-electron chi connectivity index (χ0n) is 16.9. The maximum atomic E-state index is 14.1. The molecule has 1 aliphatic heterocycles. The Bertz CT molecular complexity index is 1220. The predicted octanol–water partition coefficient (Wildman–Crippen LogP) is 4.92. The third kappa shape index (κ3) is 3.90. The van der Waals surface area contributed by atoms with Crippen LogP contribution >= 0.6 is 22.7 Å². The second-order valence-electron chi connectivity index (χ2n) is 7.52. The minimum absolute atomic E-state index is 0.0111. The maximum Gasteiger partial charge on any atom is 0.265 e. The van der Waals surface area contributed by atoms with E-state index in [9.17, 15) is 9.18 Å². The third-order valence-corrected chi connectivity index (χ3v) is 7.69. The number of likely N-dealkylation sites (tertiary alicyclic amines) is 1. The molecule has 0 radical (unpaired) electrons. The van der Waals surface area contributed by atoms with E-state index >= 15 is 0 Å². The van der Waals surface area contributed by atoms with Crippen LogP contribution in [0.25, 0.3) is 15.7 Å². The number of piperidine rings is 1. The molecule has 1 atom stereocenters. The van der Waals surface area contributed by atoms with E-state index in [0.717, 1.165) is 28.7 Å². The fraction of sp³-hybridized carbons (Fsp3) is 0.273. The Morgan fingerprint density at radius 1 is 1.13 bits per heavy atom. The van der Waals surface area contributed by atoms with E-state index in [1.165, 1.54) is 28.7 Å². The van der Waals surface area contributed by atoms with E-state index in [0.29, 0.717) is 28.5 Å². The maximum absolute atomic E-state index is 14.1. The minimum Gasteiger partial charge on any atom is -0.337 e. The molecule has 4 heterocycles. The van der Waals surface area contributed by atoms with Gasteiger partial charge in [-0.1, -0.05) is 34.8 Å². The molecule has 0 unspecified atom stereocenters. The highest BCUT2D eigenvalue weighted by Gasteiger charge is 2.30. The smallest absolute Gasteiger partial charge is 0.265 e. The van der Waals surface area contributed by atoms with Crippen molar-refractivity contribution in [2.45, 2.75) is 25.7 Å². The van der Waals surface area contributed by atoms with Crippen LogP contribution in [0.5, 0.6) is 0 Å². The van der Waals surface area contributed by atoms with Gasteiger partial charge in [0.1, 0.15) is 15.7 Å². The van der Waals surface area contributed by atoms with Gasteiger partial charge in [0, 0.05) is 37.0 Å². The summed E-state index contributed by atoms with van der Waals surface area (Å²) in [6.45, 7) is 3.18. The summed E-state index contributed by atoms with van der Waals surface area (Å²) in [5.74, 6) is -0.186. The summed E-state index contributed by atoms with van der Waals surface area (Å²) in [6, 6.07) is 10.5. The first-order valence-electron chi connectivity index (χ1n) is 10.1. The number of thiazole rings is 1. The first kappa shape index (κ1) is 20.0. The molecule has 1 amide bonds. The van der Waals surface area contributed by atoms with Gasteiger partial charge in [-0.2, -0.15) is 0 Å².